The standard InChI is InChI=1S/C17H32N2O2/c1-12-8-9-15(13(12)2)18-14-7-6-10-19(11-14)16(20)21-17(3,4)5/h12-15,18H,6-11H2,1-5H3. The quantitative estimate of drug-likeness (QED) is 0.849. The van der Waals surface area contributed by atoms with E-state index in [1.807, 2.05) is 25.7 Å². The second-order valence-electron chi connectivity index (χ2n) is 7.95. The molecule has 0 aromatic carbocycles. The van der Waals surface area contributed by atoms with Crippen molar-refractivity contribution in [1.29, 1.82) is 0 Å². The molecule has 2 fully saturated rings. The van der Waals surface area contributed by atoms with Gasteiger partial charge in [0, 0.05) is 25.2 Å². The van der Waals surface area contributed by atoms with Crippen molar-refractivity contribution in [3.05, 3.63) is 0 Å². The predicted molar refractivity (Wildman–Crippen MR) is 85.3 cm³/mol. The Morgan fingerprint density at radius 3 is 2.48 bits per heavy atom. The second kappa shape index (κ2) is 6.55. The van der Waals surface area contributed by atoms with Crippen molar-refractivity contribution >= 4 is 6.09 Å². The van der Waals surface area contributed by atoms with Gasteiger partial charge in [0.15, 0.2) is 0 Å². The molecule has 122 valence electrons. The summed E-state index contributed by atoms with van der Waals surface area (Å²) < 4.78 is 5.49. The third-order valence-corrected chi connectivity index (χ3v) is 4.99. The fraction of sp³-hybridized carbons (Fsp3) is 0.941. The summed E-state index contributed by atoms with van der Waals surface area (Å²) >= 11 is 0. The Hall–Kier alpha value is -0.770. The number of hydrogen-bond donors (Lipinski definition) is 1. The maximum Gasteiger partial charge on any atom is 0.410 e. The Kier molecular flexibility index (Phi) is 5.18. The van der Waals surface area contributed by atoms with Gasteiger partial charge in [-0.2, -0.15) is 0 Å². The number of carbonyl (C=O) groups is 1. The summed E-state index contributed by atoms with van der Waals surface area (Å²) in [6, 6.07) is 1.03. The number of likely N-dealkylation sites (tertiary alicyclic amines) is 1. The first kappa shape index (κ1) is 16.6. The zero-order valence-corrected chi connectivity index (χ0v) is 14.3. The van der Waals surface area contributed by atoms with Crippen molar-refractivity contribution in [3.63, 3.8) is 0 Å². The van der Waals surface area contributed by atoms with Crippen molar-refractivity contribution in [2.24, 2.45) is 11.8 Å². The summed E-state index contributed by atoms with van der Waals surface area (Å²) in [5.74, 6) is 1.55. The summed E-state index contributed by atoms with van der Waals surface area (Å²) in [7, 11) is 0. The Bertz CT molecular complexity index is 364. The highest BCUT2D eigenvalue weighted by atomic mass is 16.6. The lowest BCUT2D eigenvalue weighted by Crippen LogP contribution is -2.52. The monoisotopic (exact) mass is 296 g/mol. The van der Waals surface area contributed by atoms with Gasteiger partial charge < -0.3 is 15.0 Å². The Morgan fingerprint density at radius 1 is 1.19 bits per heavy atom. The maximum atomic E-state index is 12.2. The highest BCUT2D eigenvalue weighted by Gasteiger charge is 2.33. The molecule has 1 N–H and O–H groups in total. The van der Waals surface area contributed by atoms with Crippen LogP contribution in [-0.2, 0) is 4.74 Å². The second-order valence-corrected chi connectivity index (χ2v) is 7.95. The third kappa shape index (κ3) is 4.60. The van der Waals surface area contributed by atoms with Crippen LogP contribution in [0.1, 0.15) is 60.3 Å². The first-order valence-electron chi connectivity index (χ1n) is 8.50. The van der Waals surface area contributed by atoms with Crippen molar-refractivity contribution in [1.82, 2.24) is 10.2 Å². The molecule has 21 heavy (non-hydrogen) atoms. The topological polar surface area (TPSA) is 41.6 Å². The fourth-order valence-electron chi connectivity index (χ4n) is 3.51. The van der Waals surface area contributed by atoms with Gasteiger partial charge in [-0.3, -0.25) is 0 Å². The molecule has 1 aliphatic heterocycles. The first-order chi connectivity index (χ1) is 9.76. The predicted octanol–water partition coefficient (Wildman–Crippen LogP) is 3.41. The lowest BCUT2D eigenvalue weighted by molar-refractivity contribution is 0.0181. The summed E-state index contributed by atoms with van der Waals surface area (Å²) in [6.45, 7) is 12.1. The number of ether oxygens (including phenoxy) is 1. The van der Waals surface area contributed by atoms with Gasteiger partial charge >= 0.3 is 6.09 Å². The summed E-state index contributed by atoms with van der Waals surface area (Å²) in [5.41, 5.74) is -0.410. The number of hydrogen-bond acceptors (Lipinski definition) is 3. The minimum absolute atomic E-state index is 0.165. The van der Waals surface area contributed by atoms with E-state index >= 15 is 0 Å². The van der Waals surface area contributed by atoms with Crippen LogP contribution in [0.3, 0.4) is 0 Å². The highest BCUT2D eigenvalue weighted by Crippen LogP contribution is 2.32. The number of rotatable bonds is 2. The van der Waals surface area contributed by atoms with E-state index in [4.69, 9.17) is 4.74 Å². The van der Waals surface area contributed by atoms with Gasteiger partial charge in [-0.1, -0.05) is 13.8 Å². The number of piperidine rings is 1. The molecule has 1 heterocycles. The Balaban J connectivity index is 1.85. The highest BCUT2D eigenvalue weighted by molar-refractivity contribution is 5.68. The molecule has 4 heteroatoms. The van der Waals surface area contributed by atoms with Crippen molar-refractivity contribution in [2.75, 3.05) is 13.1 Å². The van der Waals surface area contributed by atoms with Crippen LogP contribution >= 0.6 is 0 Å². The van der Waals surface area contributed by atoms with E-state index in [0.717, 1.165) is 37.8 Å². The largest absolute Gasteiger partial charge is 0.444 e. The van der Waals surface area contributed by atoms with E-state index in [0.29, 0.717) is 12.1 Å². The van der Waals surface area contributed by atoms with E-state index in [1.165, 1.54) is 12.8 Å². The van der Waals surface area contributed by atoms with E-state index in [-0.39, 0.29) is 6.09 Å². The lowest BCUT2D eigenvalue weighted by Gasteiger charge is -2.36. The van der Waals surface area contributed by atoms with Crippen LogP contribution in [0.4, 0.5) is 4.79 Å². The summed E-state index contributed by atoms with van der Waals surface area (Å²) in [4.78, 5) is 14.1. The molecular formula is C17H32N2O2. The van der Waals surface area contributed by atoms with Crippen molar-refractivity contribution in [2.45, 2.75) is 78.0 Å². The molecule has 2 rings (SSSR count). The molecule has 0 radical (unpaired) electrons. The fourth-order valence-corrected chi connectivity index (χ4v) is 3.51. The third-order valence-electron chi connectivity index (χ3n) is 4.99. The zero-order chi connectivity index (χ0) is 15.6. The Morgan fingerprint density at radius 2 is 1.90 bits per heavy atom. The molecule has 0 aromatic heterocycles. The SMILES string of the molecule is CC1CCC(NC2CCCN(C(=O)OC(C)(C)C)C2)C1C. The van der Waals surface area contributed by atoms with E-state index < -0.39 is 5.60 Å². The lowest BCUT2D eigenvalue weighted by atomic mass is 9.96. The molecule has 4 atom stereocenters. The summed E-state index contributed by atoms with van der Waals surface area (Å²) in [5, 5.41) is 3.80. The average molecular weight is 296 g/mol. The van der Waals surface area contributed by atoms with Gasteiger partial charge in [-0.05, 0) is 58.3 Å². The van der Waals surface area contributed by atoms with Gasteiger partial charge in [0.2, 0.25) is 0 Å². The molecule has 4 unspecified atom stereocenters. The summed E-state index contributed by atoms with van der Waals surface area (Å²) in [6.07, 6.45) is 4.65. The molecule has 1 aliphatic carbocycles. The van der Waals surface area contributed by atoms with Crippen LogP contribution in [0.25, 0.3) is 0 Å². The molecule has 1 amide bonds. The number of nitrogens with one attached hydrogen (secondary N) is 1. The average Bonchev–Trinajstić information content (AvgIpc) is 2.69. The molecular weight excluding hydrogens is 264 g/mol. The minimum Gasteiger partial charge on any atom is -0.444 e. The first-order valence-corrected chi connectivity index (χ1v) is 8.50. The van der Waals surface area contributed by atoms with Gasteiger partial charge in [-0.15, -0.1) is 0 Å². The normalized spacial score (nSPS) is 34.0. The van der Waals surface area contributed by atoms with Crippen molar-refractivity contribution in [3.8, 4) is 0 Å². The van der Waals surface area contributed by atoms with Gasteiger partial charge in [0.25, 0.3) is 0 Å². The molecule has 2 aliphatic rings. The van der Waals surface area contributed by atoms with Gasteiger partial charge in [-0.25, -0.2) is 4.79 Å². The van der Waals surface area contributed by atoms with Crippen LogP contribution in [0.15, 0.2) is 0 Å². The van der Waals surface area contributed by atoms with E-state index in [1.54, 1.807) is 0 Å². The zero-order valence-electron chi connectivity index (χ0n) is 14.3. The van der Waals surface area contributed by atoms with Crippen LogP contribution in [0.2, 0.25) is 0 Å². The van der Waals surface area contributed by atoms with E-state index in [9.17, 15) is 4.79 Å². The van der Waals surface area contributed by atoms with E-state index in [2.05, 4.69) is 19.2 Å². The molecule has 0 aromatic rings. The molecule has 4 nitrogen and oxygen atoms in total. The van der Waals surface area contributed by atoms with Crippen molar-refractivity contribution < 1.29 is 9.53 Å². The molecule has 0 spiro atoms. The van der Waals surface area contributed by atoms with Crippen LogP contribution in [-0.4, -0.2) is 41.8 Å². The Labute approximate surface area is 129 Å². The number of amides is 1. The van der Waals surface area contributed by atoms with Gasteiger partial charge in [0.05, 0.1) is 0 Å². The smallest absolute Gasteiger partial charge is 0.410 e. The number of carbonyl (C=O) groups excluding carboxylic acids is 1. The molecule has 1 saturated carbocycles. The molecule has 1 saturated heterocycles. The maximum absolute atomic E-state index is 12.2. The van der Waals surface area contributed by atoms with Gasteiger partial charge in [0.1, 0.15) is 5.60 Å². The van der Waals surface area contributed by atoms with Crippen LogP contribution in [0.5, 0.6) is 0 Å². The van der Waals surface area contributed by atoms with Crippen LogP contribution in [0, 0.1) is 11.8 Å². The molecule has 0 bridgehead atoms. The number of nitrogens with zero attached hydrogens (tertiary/aromatic N) is 1. The minimum atomic E-state index is -0.410. The van der Waals surface area contributed by atoms with Crippen LogP contribution < -0.4 is 5.32 Å².